The number of anilines is 2. The van der Waals surface area contributed by atoms with E-state index in [1.54, 1.807) is 7.11 Å². The van der Waals surface area contributed by atoms with Crippen LogP contribution in [0.2, 0.25) is 0 Å². The minimum atomic E-state index is -0.236. The van der Waals surface area contributed by atoms with E-state index in [2.05, 4.69) is 20.7 Å². The first-order valence-electron chi connectivity index (χ1n) is 8.47. The Kier molecular flexibility index (Phi) is 5.91. The molecule has 0 amide bonds. The number of aromatic nitrogens is 2. The Hall–Kier alpha value is -3.51. The smallest absolute Gasteiger partial charge is 0.158 e. The van der Waals surface area contributed by atoms with Gasteiger partial charge < -0.3 is 25.9 Å². The summed E-state index contributed by atoms with van der Waals surface area (Å²) < 4.78 is 11.2. The van der Waals surface area contributed by atoms with Crippen LogP contribution in [0.5, 0.6) is 11.5 Å². The van der Waals surface area contributed by atoms with Gasteiger partial charge in [-0.25, -0.2) is 9.97 Å². The number of rotatable bonds is 8. The van der Waals surface area contributed by atoms with Crippen molar-refractivity contribution in [2.24, 2.45) is 5.73 Å². The second kappa shape index (κ2) is 8.73. The molecule has 1 aromatic carbocycles. The molecular weight excluding hydrogens is 346 g/mol. The number of hydrogen-bond acceptors (Lipinski definition) is 9. The van der Waals surface area contributed by atoms with Crippen molar-refractivity contribution in [2.45, 2.75) is 12.6 Å². The number of ether oxygens (including phenoxy) is 2. The van der Waals surface area contributed by atoms with E-state index in [1.165, 1.54) is 12.4 Å². The first kappa shape index (κ1) is 18.3. The number of nitriles is 1. The van der Waals surface area contributed by atoms with Crippen LogP contribution in [0.25, 0.3) is 0 Å². The lowest BCUT2D eigenvalue weighted by Crippen LogP contribution is -2.42. The molecule has 0 fully saturated rings. The quantitative estimate of drug-likeness (QED) is 0.594. The zero-order valence-corrected chi connectivity index (χ0v) is 14.9. The van der Waals surface area contributed by atoms with Crippen LogP contribution < -0.4 is 31.0 Å². The Bertz CT molecular complexity index is 833. The molecule has 140 valence electrons. The van der Waals surface area contributed by atoms with Gasteiger partial charge >= 0.3 is 0 Å². The van der Waals surface area contributed by atoms with Crippen molar-refractivity contribution in [3.63, 3.8) is 0 Å². The zero-order valence-electron chi connectivity index (χ0n) is 14.9. The van der Waals surface area contributed by atoms with Crippen LogP contribution in [0.1, 0.15) is 12.1 Å². The molecule has 0 saturated heterocycles. The maximum absolute atomic E-state index is 8.83. The number of nitrogens with zero attached hydrogens (tertiary/aromatic N) is 4. The summed E-state index contributed by atoms with van der Waals surface area (Å²) in [5, 5.41) is 14.0. The second-order valence-electron chi connectivity index (χ2n) is 5.67. The summed E-state index contributed by atoms with van der Waals surface area (Å²) in [7, 11) is 1.62. The molecule has 0 saturated carbocycles. The maximum Gasteiger partial charge on any atom is 0.158 e. The third-order valence-electron chi connectivity index (χ3n) is 3.86. The highest BCUT2D eigenvalue weighted by atomic mass is 16.5. The minimum Gasteiger partial charge on any atom is -0.495 e. The van der Waals surface area contributed by atoms with Gasteiger partial charge in [0.25, 0.3) is 0 Å². The molecular formula is C18H21N7O2. The van der Waals surface area contributed by atoms with Gasteiger partial charge in [0.2, 0.25) is 0 Å². The van der Waals surface area contributed by atoms with Gasteiger partial charge in [-0.15, -0.1) is 0 Å². The predicted molar refractivity (Wildman–Crippen MR) is 101 cm³/mol. The van der Waals surface area contributed by atoms with Crippen LogP contribution in [0, 0.1) is 11.3 Å². The lowest BCUT2D eigenvalue weighted by molar-refractivity contribution is 0.312. The monoisotopic (exact) mass is 367 g/mol. The van der Waals surface area contributed by atoms with E-state index in [9.17, 15) is 0 Å². The van der Waals surface area contributed by atoms with Gasteiger partial charge in [0.15, 0.2) is 5.69 Å². The maximum atomic E-state index is 8.83. The van der Waals surface area contributed by atoms with E-state index in [0.29, 0.717) is 24.7 Å². The normalized spacial score (nSPS) is 15.1. The summed E-state index contributed by atoms with van der Waals surface area (Å²) >= 11 is 0. The lowest BCUT2D eigenvalue weighted by atomic mass is 10.2. The molecule has 1 aliphatic heterocycles. The third kappa shape index (κ3) is 4.37. The van der Waals surface area contributed by atoms with Crippen molar-refractivity contribution in [1.29, 1.82) is 5.26 Å². The van der Waals surface area contributed by atoms with Crippen molar-refractivity contribution in [2.75, 3.05) is 30.6 Å². The van der Waals surface area contributed by atoms with Crippen LogP contribution in [0.3, 0.4) is 0 Å². The van der Waals surface area contributed by atoms with Crippen LogP contribution in [0.15, 0.2) is 42.9 Å². The van der Waals surface area contributed by atoms with Gasteiger partial charge in [-0.3, -0.25) is 5.01 Å². The second-order valence-corrected chi connectivity index (χ2v) is 5.67. The topological polar surface area (TPSA) is 121 Å². The number of methoxy groups -OCH3 is 1. The molecule has 0 bridgehead atoms. The molecule has 1 aromatic heterocycles. The Balaban J connectivity index is 1.78. The van der Waals surface area contributed by atoms with E-state index < -0.39 is 0 Å². The molecule has 1 unspecified atom stereocenters. The molecule has 0 aliphatic carbocycles. The largest absolute Gasteiger partial charge is 0.495 e. The molecule has 3 rings (SSSR count). The van der Waals surface area contributed by atoms with Crippen LogP contribution in [0.4, 0.5) is 11.5 Å². The van der Waals surface area contributed by atoms with Gasteiger partial charge in [0.1, 0.15) is 35.2 Å². The highest BCUT2D eigenvalue weighted by Crippen LogP contribution is 2.34. The van der Waals surface area contributed by atoms with Gasteiger partial charge in [-0.1, -0.05) is 0 Å². The predicted octanol–water partition coefficient (Wildman–Crippen LogP) is 1.36. The molecule has 2 heterocycles. The fourth-order valence-electron chi connectivity index (χ4n) is 2.55. The Morgan fingerprint density at radius 1 is 1.37 bits per heavy atom. The summed E-state index contributed by atoms with van der Waals surface area (Å²) in [5.41, 5.74) is 9.75. The molecule has 9 nitrogen and oxygen atoms in total. The van der Waals surface area contributed by atoms with Crippen molar-refractivity contribution in [1.82, 2.24) is 15.4 Å². The molecule has 0 spiro atoms. The summed E-state index contributed by atoms with van der Waals surface area (Å²) in [4.78, 5) is 8.22. The Morgan fingerprint density at radius 2 is 2.26 bits per heavy atom. The highest BCUT2D eigenvalue weighted by molar-refractivity contribution is 5.64. The standard InChI is InChI=1S/C18H21N7O2/c1-26-16-4-3-14(27-8-2-6-19)9-15(16)25-18(5-7-23-25)24-17-12-21-13(10-20)11-22-17/h3-5,7,9,11-12,18,23H,2,6,8,19H2,1H3,(H,22,24). The summed E-state index contributed by atoms with van der Waals surface area (Å²) in [6.45, 7) is 1.13. The summed E-state index contributed by atoms with van der Waals surface area (Å²) in [6, 6.07) is 7.56. The van der Waals surface area contributed by atoms with Crippen molar-refractivity contribution in [3.8, 4) is 17.6 Å². The first-order valence-corrected chi connectivity index (χ1v) is 8.47. The Labute approximate surface area is 157 Å². The minimum absolute atomic E-state index is 0.236. The molecule has 9 heteroatoms. The zero-order chi connectivity index (χ0) is 19.1. The summed E-state index contributed by atoms with van der Waals surface area (Å²) in [6.07, 6.45) is 7.24. The van der Waals surface area contributed by atoms with Crippen molar-refractivity contribution >= 4 is 11.5 Å². The molecule has 4 N–H and O–H groups in total. The molecule has 1 aliphatic rings. The van der Waals surface area contributed by atoms with E-state index in [-0.39, 0.29) is 11.9 Å². The van der Waals surface area contributed by atoms with E-state index in [1.807, 2.05) is 41.6 Å². The van der Waals surface area contributed by atoms with E-state index >= 15 is 0 Å². The fraction of sp³-hybridized carbons (Fsp3) is 0.278. The average molecular weight is 367 g/mol. The first-order chi connectivity index (χ1) is 13.2. The van der Waals surface area contributed by atoms with Crippen molar-refractivity contribution < 1.29 is 9.47 Å². The van der Waals surface area contributed by atoms with Gasteiger partial charge in [-0.2, -0.15) is 5.26 Å². The van der Waals surface area contributed by atoms with E-state index in [4.69, 9.17) is 20.5 Å². The van der Waals surface area contributed by atoms with Crippen LogP contribution in [-0.2, 0) is 0 Å². The lowest BCUT2D eigenvalue weighted by Gasteiger charge is -2.29. The molecule has 2 aromatic rings. The van der Waals surface area contributed by atoms with Crippen LogP contribution >= 0.6 is 0 Å². The van der Waals surface area contributed by atoms with Gasteiger partial charge in [0, 0.05) is 12.3 Å². The SMILES string of the molecule is COc1ccc(OCCCN)cc1N1NC=CC1Nc1cnc(C#N)cn1. The third-order valence-corrected chi connectivity index (χ3v) is 3.86. The molecule has 0 radical (unpaired) electrons. The number of nitrogens with two attached hydrogens (primary N) is 1. The average Bonchev–Trinajstić information content (AvgIpc) is 3.16. The highest BCUT2D eigenvalue weighted by Gasteiger charge is 2.24. The summed E-state index contributed by atoms with van der Waals surface area (Å²) in [5.74, 6) is 1.96. The fourth-order valence-corrected chi connectivity index (χ4v) is 2.55. The van der Waals surface area contributed by atoms with Crippen LogP contribution in [-0.4, -0.2) is 36.4 Å². The van der Waals surface area contributed by atoms with Gasteiger partial charge in [0.05, 0.1) is 26.1 Å². The van der Waals surface area contributed by atoms with E-state index in [0.717, 1.165) is 17.9 Å². The number of hydrazine groups is 1. The Morgan fingerprint density at radius 3 is 2.96 bits per heavy atom. The number of nitrogens with one attached hydrogen (secondary N) is 2. The number of benzene rings is 1. The van der Waals surface area contributed by atoms with Gasteiger partial charge in [-0.05, 0) is 31.2 Å². The van der Waals surface area contributed by atoms with Crippen molar-refractivity contribution in [3.05, 3.63) is 48.6 Å². The molecule has 27 heavy (non-hydrogen) atoms. The number of hydrogen-bond donors (Lipinski definition) is 3. The molecule has 1 atom stereocenters.